The molecule has 1 amide bonds. The van der Waals surface area contributed by atoms with Gasteiger partial charge in [0.1, 0.15) is 0 Å². The lowest BCUT2D eigenvalue weighted by molar-refractivity contribution is -0.125. The van der Waals surface area contributed by atoms with Gasteiger partial charge in [-0.1, -0.05) is 6.42 Å². The van der Waals surface area contributed by atoms with Gasteiger partial charge in [-0.2, -0.15) is 0 Å². The van der Waals surface area contributed by atoms with Crippen LogP contribution in [0.5, 0.6) is 0 Å². The standard InChI is InChI=1S/C11H17N3O2/c1-9(15)13-7-8-14-10(13)12-16-11(14)5-3-2-4-6-11/h2-8H2,1H3. The Bertz CT molecular complexity index is 347. The van der Waals surface area contributed by atoms with E-state index in [-0.39, 0.29) is 11.6 Å². The number of carbonyl (C=O) groups excluding carboxylic acids is 1. The molecule has 0 aromatic carbocycles. The van der Waals surface area contributed by atoms with Crippen molar-refractivity contribution in [2.45, 2.75) is 44.8 Å². The quantitative estimate of drug-likeness (QED) is 0.618. The Morgan fingerprint density at radius 2 is 2.06 bits per heavy atom. The summed E-state index contributed by atoms with van der Waals surface area (Å²) in [5, 5.41) is 4.12. The average molecular weight is 223 g/mol. The minimum Gasteiger partial charge on any atom is -0.364 e. The van der Waals surface area contributed by atoms with Gasteiger partial charge in [0.15, 0.2) is 0 Å². The first-order valence-electron chi connectivity index (χ1n) is 6.05. The molecule has 16 heavy (non-hydrogen) atoms. The highest BCUT2D eigenvalue weighted by atomic mass is 16.7. The predicted octanol–water partition coefficient (Wildman–Crippen LogP) is 1.11. The summed E-state index contributed by atoms with van der Waals surface area (Å²) in [7, 11) is 0. The Kier molecular flexibility index (Phi) is 2.09. The Labute approximate surface area is 95.0 Å². The third-order valence-corrected chi connectivity index (χ3v) is 3.83. The van der Waals surface area contributed by atoms with Gasteiger partial charge in [0, 0.05) is 32.9 Å². The fraction of sp³-hybridized carbons (Fsp3) is 0.818. The number of rotatable bonds is 0. The lowest BCUT2D eigenvalue weighted by atomic mass is 9.91. The summed E-state index contributed by atoms with van der Waals surface area (Å²) in [6.45, 7) is 3.19. The molecule has 5 heteroatoms. The normalized spacial score (nSPS) is 26.7. The Morgan fingerprint density at radius 1 is 1.31 bits per heavy atom. The van der Waals surface area contributed by atoms with E-state index in [0.29, 0.717) is 0 Å². The van der Waals surface area contributed by atoms with Crippen LogP contribution in [0.15, 0.2) is 5.16 Å². The Hall–Kier alpha value is -1.26. The number of amides is 1. The third-order valence-electron chi connectivity index (χ3n) is 3.83. The fourth-order valence-electron chi connectivity index (χ4n) is 2.97. The number of oxime groups is 1. The van der Waals surface area contributed by atoms with E-state index in [9.17, 15) is 4.79 Å². The predicted molar refractivity (Wildman–Crippen MR) is 58.4 cm³/mol. The maximum Gasteiger partial charge on any atom is 0.248 e. The zero-order valence-electron chi connectivity index (χ0n) is 9.61. The number of carbonyl (C=O) groups is 1. The van der Waals surface area contributed by atoms with E-state index in [1.54, 1.807) is 11.8 Å². The number of hydrogen-bond acceptors (Lipinski definition) is 4. The number of fused-ring (bicyclic) bond motifs is 2. The van der Waals surface area contributed by atoms with E-state index in [0.717, 1.165) is 31.9 Å². The molecule has 5 nitrogen and oxygen atoms in total. The van der Waals surface area contributed by atoms with Crippen LogP contribution in [-0.4, -0.2) is 40.5 Å². The molecular formula is C11H17N3O2. The van der Waals surface area contributed by atoms with Crippen molar-refractivity contribution in [3.05, 3.63) is 0 Å². The van der Waals surface area contributed by atoms with Gasteiger partial charge in [0.25, 0.3) is 0 Å². The minimum atomic E-state index is -0.224. The van der Waals surface area contributed by atoms with Crippen LogP contribution in [0.2, 0.25) is 0 Å². The first kappa shape index (κ1) is 9.93. The summed E-state index contributed by atoms with van der Waals surface area (Å²) < 4.78 is 0. The Morgan fingerprint density at radius 3 is 2.75 bits per heavy atom. The summed E-state index contributed by atoms with van der Waals surface area (Å²) in [6, 6.07) is 0. The molecule has 2 aliphatic heterocycles. The lowest BCUT2D eigenvalue weighted by Crippen LogP contribution is -2.49. The monoisotopic (exact) mass is 223 g/mol. The van der Waals surface area contributed by atoms with Crippen LogP contribution in [0.25, 0.3) is 0 Å². The van der Waals surface area contributed by atoms with Gasteiger partial charge in [0.05, 0.1) is 0 Å². The highest BCUT2D eigenvalue weighted by molar-refractivity contribution is 5.98. The second-order valence-electron chi connectivity index (χ2n) is 4.81. The number of guanidine groups is 1. The molecule has 2 fully saturated rings. The SMILES string of the molecule is CC(=O)N1CCN2C1=NOC21CCCCC1. The molecule has 1 saturated heterocycles. The molecule has 1 aliphatic carbocycles. The van der Waals surface area contributed by atoms with Gasteiger partial charge in [-0.05, 0) is 18.0 Å². The minimum absolute atomic E-state index is 0.0534. The van der Waals surface area contributed by atoms with Crippen molar-refractivity contribution in [2.24, 2.45) is 5.16 Å². The molecule has 3 aliphatic rings. The van der Waals surface area contributed by atoms with Crippen LogP contribution in [0, 0.1) is 0 Å². The molecule has 1 saturated carbocycles. The van der Waals surface area contributed by atoms with Gasteiger partial charge in [-0.3, -0.25) is 14.6 Å². The summed E-state index contributed by atoms with van der Waals surface area (Å²) in [4.78, 5) is 21.0. The van der Waals surface area contributed by atoms with Crippen molar-refractivity contribution >= 4 is 11.9 Å². The summed E-state index contributed by atoms with van der Waals surface area (Å²) in [5.41, 5.74) is -0.224. The highest BCUT2D eigenvalue weighted by Crippen LogP contribution is 2.40. The van der Waals surface area contributed by atoms with Gasteiger partial charge < -0.3 is 4.84 Å². The van der Waals surface area contributed by atoms with Crippen molar-refractivity contribution in [1.82, 2.24) is 9.80 Å². The van der Waals surface area contributed by atoms with E-state index >= 15 is 0 Å². The molecule has 0 N–H and O–H groups in total. The van der Waals surface area contributed by atoms with Gasteiger partial charge in [-0.25, -0.2) is 0 Å². The maximum absolute atomic E-state index is 11.4. The molecular weight excluding hydrogens is 206 g/mol. The molecule has 0 atom stereocenters. The first-order chi connectivity index (χ1) is 7.73. The summed E-state index contributed by atoms with van der Waals surface area (Å²) in [5.74, 6) is 0.784. The topological polar surface area (TPSA) is 45.1 Å². The summed E-state index contributed by atoms with van der Waals surface area (Å²) >= 11 is 0. The van der Waals surface area contributed by atoms with Crippen LogP contribution in [0.3, 0.4) is 0 Å². The molecule has 0 aromatic heterocycles. The van der Waals surface area contributed by atoms with Crippen molar-refractivity contribution in [3.63, 3.8) is 0 Å². The molecule has 0 radical (unpaired) electrons. The second kappa shape index (κ2) is 3.37. The van der Waals surface area contributed by atoms with E-state index in [1.807, 2.05) is 0 Å². The van der Waals surface area contributed by atoms with Gasteiger partial charge in [0.2, 0.25) is 17.6 Å². The maximum atomic E-state index is 11.4. The number of nitrogens with zero attached hydrogens (tertiary/aromatic N) is 3. The van der Waals surface area contributed by atoms with E-state index in [2.05, 4.69) is 10.1 Å². The van der Waals surface area contributed by atoms with Crippen LogP contribution in [0.4, 0.5) is 0 Å². The van der Waals surface area contributed by atoms with Crippen molar-refractivity contribution in [1.29, 1.82) is 0 Å². The molecule has 0 unspecified atom stereocenters. The van der Waals surface area contributed by atoms with Crippen LogP contribution >= 0.6 is 0 Å². The molecule has 0 bridgehead atoms. The molecule has 0 aromatic rings. The molecule has 1 spiro atoms. The van der Waals surface area contributed by atoms with E-state index < -0.39 is 0 Å². The van der Waals surface area contributed by atoms with Gasteiger partial charge >= 0.3 is 0 Å². The van der Waals surface area contributed by atoms with Crippen LogP contribution in [-0.2, 0) is 9.63 Å². The first-order valence-corrected chi connectivity index (χ1v) is 6.05. The summed E-state index contributed by atoms with van der Waals surface area (Å²) in [6.07, 6.45) is 5.74. The van der Waals surface area contributed by atoms with Crippen LogP contribution < -0.4 is 0 Å². The van der Waals surface area contributed by atoms with Gasteiger partial charge in [-0.15, -0.1) is 0 Å². The lowest BCUT2D eigenvalue weighted by Gasteiger charge is -2.37. The van der Waals surface area contributed by atoms with Crippen molar-refractivity contribution in [2.75, 3.05) is 13.1 Å². The smallest absolute Gasteiger partial charge is 0.248 e. The zero-order chi connectivity index (χ0) is 11.2. The molecule has 88 valence electrons. The number of hydrogen-bond donors (Lipinski definition) is 0. The largest absolute Gasteiger partial charge is 0.364 e. The highest BCUT2D eigenvalue weighted by Gasteiger charge is 2.51. The third kappa shape index (κ3) is 1.23. The average Bonchev–Trinajstić information content (AvgIpc) is 2.83. The second-order valence-corrected chi connectivity index (χ2v) is 4.81. The fourth-order valence-corrected chi connectivity index (χ4v) is 2.97. The van der Waals surface area contributed by atoms with Crippen molar-refractivity contribution in [3.8, 4) is 0 Å². The molecule has 2 heterocycles. The molecule has 3 rings (SSSR count). The van der Waals surface area contributed by atoms with E-state index in [1.165, 1.54) is 19.3 Å². The van der Waals surface area contributed by atoms with Crippen LogP contribution in [0.1, 0.15) is 39.0 Å². The zero-order valence-corrected chi connectivity index (χ0v) is 9.61. The van der Waals surface area contributed by atoms with E-state index in [4.69, 9.17) is 4.84 Å². The van der Waals surface area contributed by atoms with Crippen molar-refractivity contribution < 1.29 is 9.63 Å². The Balaban J connectivity index is 1.83.